The second kappa shape index (κ2) is 8.15. The van der Waals surface area contributed by atoms with Crippen LogP contribution in [-0.2, 0) is 24.8 Å². The third kappa shape index (κ3) is 4.01. The number of aryl methyl sites for hydroxylation is 1. The lowest BCUT2D eigenvalue weighted by Crippen LogP contribution is -2.33. The van der Waals surface area contributed by atoms with Crippen LogP contribution < -0.4 is 0 Å². The highest BCUT2D eigenvalue weighted by Crippen LogP contribution is 2.30. The van der Waals surface area contributed by atoms with E-state index in [-0.39, 0.29) is 0 Å². The Morgan fingerprint density at radius 1 is 1.11 bits per heavy atom. The lowest BCUT2D eigenvalue weighted by Gasteiger charge is -2.31. The third-order valence-electron chi connectivity index (χ3n) is 5.47. The highest BCUT2D eigenvalue weighted by atomic mass is 16.5. The van der Waals surface area contributed by atoms with Crippen LogP contribution in [0.15, 0.2) is 36.7 Å². The maximum absolute atomic E-state index is 5.08. The molecule has 1 saturated heterocycles. The molecule has 0 radical (unpaired) electrons. The molecule has 0 spiro atoms. The number of benzene rings is 1. The van der Waals surface area contributed by atoms with E-state index in [1.54, 1.807) is 7.11 Å². The smallest absolute Gasteiger partial charge is 0.130 e. The maximum Gasteiger partial charge on any atom is 0.130 e. The number of methoxy groups -OCH3 is 1. The second-order valence-electron chi connectivity index (χ2n) is 7.32. The molecule has 2 aromatic heterocycles. The zero-order valence-corrected chi connectivity index (χ0v) is 16.1. The molecule has 1 aromatic carbocycles. The van der Waals surface area contributed by atoms with E-state index in [9.17, 15) is 0 Å². The number of rotatable bonds is 6. The van der Waals surface area contributed by atoms with Crippen LogP contribution >= 0.6 is 0 Å². The third-order valence-corrected chi connectivity index (χ3v) is 5.47. The minimum Gasteiger partial charge on any atom is -0.384 e. The predicted octanol–water partition coefficient (Wildman–Crippen LogP) is 2.93. The van der Waals surface area contributed by atoms with Crippen molar-refractivity contribution < 1.29 is 4.74 Å². The molecule has 3 heterocycles. The normalized spacial score (nSPS) is 16.2. The molecular weight excluding hydrogens is 338 g/mol. The summed E-state index contributed by atoms with van der Waals surface area (Å²) in [5, 5.41) is 0. The summed E-state index contributed by atoms with van der Waals surface area (Å²) in [7, 11) is 3.84. The Bertz CT molecular complexity index is 881. The van der Waals surface area contributed by atoms with Crippen LogP contribution in [0.3, 0.4) is 0 Å². The van der Waals surface area contributed by atoms with Gasteiger partial charge < -0.3 is 9.30 Å². The van der Waals surface area contributed by atoms with E-state index >= 15 is 0 Å². The van der Waals surface area contributed by atoms with Gasteiger partial charge in [-0.1, -0.05) is 12.1 Å². The quantitative estimate of drug-likeness (QED) is 0.672. The molecule has 1 fully saturated rings. The van der Waals surface area contributed by atoms with E-state index in [1.807, 2.05) is 12.4 Å². The van der Waals surface area contributed by atoms with Crippen molar-refractivity contribution in [2.24, 2.45) is 7.05 Å². The summed E-state index contributed by atoms with van der Waals surface area (Å²) in [5.74, 6) is 2.61. The van der Waals surface area contributed by atoms with Crippen LogP contribution in [0, 0.1) is 0 Å². The fourth-order valence-electron chi connectivity index (χ4n) is 3.92. The minimum absolute atomic E-state index is 0.534. The average molecular weight is 365 g/mol. The SMILES string of the molecule is COCCc1ncc(CN2CCC(c3nc4ccccc4n3C)CC2)cn1. The number of para-hydroxylation sites is 2. The molecule has 0 N–H and O–H groups in total. The highest BCUT2D eigenvalue weighted by molar-refractivity contribution is 5.75. The van der Waals surface area contributed by atoms with Crippen LogP contribution in [0.4, 0.5) is 0 Å². The topological polar surface area (TPSA) is 56.1 Å². The van der Waals surface area contributed by atoms with Crippen molar-refractivity contribution in [2.75, 3.05) is 26.8 Å². The molecule has 4 rings (SSSR count). The van der Waals surface area contributed by atoms with Gasteiger partial charge in [-0.3, -0.25) is 4.90 Å². The maximum atomic E-state index is 5.08. The van der Waals surface area contributed by atoms with Gasteiger partial charge in [-0.2, -0.15) is 0 Å². The van der Waals surface area contributed by atoms with Gasteiger partial charge in [0.15, 0.2) is 0 Å². The van der Waals surface area contributed by atoms with E-state index < -0.39 is 0 Å². The monoisotopic (exact) mass is 365 g/mol. The lowest BCUT2D eigenvalue weighted by molar-refractivity contribution is 0.198. The molecular formula is C21H27N5O. The Balaban J connectivity index is 1.35. The molecule has 142 valence electrons. The fraction of sp³-hybridized carbons (Fsp3) is 0.476. The van der Waals surface area contributed by atoms with Gasteiger partial charge in [0.1, 0.15) is 11.6 Å². The molecule has 0 unspecified atom stereocenters. The number of nitrogens with zero attached hydrogens (tertiary/aromatic N) is 5. The Hall–Kier alpha value is -2.31. The van der Waals surface area contributed by atoms with Gasteiger partial charge >= 0.3 is 0 Å². The first-order valence-electron chi connectivity index (χ1n) is 9.67. The zero-order valence-electron chi connectivity index (χ0n) is 16.1. The number of ether oxygens (including phenoxy) is 1. The number of piperidine rings is 1. The summed E-state index contributed by atoms with van der Waals surface area (Å²) >= 11 is 0. The lowest BCUT2D eigenvalue weighted by atomic mass is 9.95. The Labute approximate surface area is 160 Å². The number of likely N-dealkylation sites (tertiary alicyclic amines) is 1. The number of aromatic nitrogens is 4. The molecule has 0 atom stereocenters. The van der Waals surface area contributed by atoms with Gasteiger partial charge in [-0.15, -0.1) is 0 Å². The van der Waals surface area contributed by atoms with Crippen molar-refractivity contribution in [1.82, 2.24) is 24.4 Å². The van der Waals surface area contributed by atoms with E-state index in [1.165, 1.54) is 16.9 Å². The molecule has 6 nitrogen and oxygen atoms in total. The summed E-state index contributed by atoms with van der Waals surface area (Å²) in [6.45, 7) is 3.74. The van der Waals surface area contributed by atoms with Crippen molar-refractivity contribution >= 4 is 11.0 Å². The van der Waals surface area contributed by atoms with Crippen molar-refractivity contribution in [3.05, 3.63) is 53.9 Å². The average Bonchev–Trinajstić information content (AvgIpc) is 3.05. The molecule has 0 saturated carbocycles. The van der Waals surface area contributed by atoms with Crippen LogP contribution in [0.25, 0.3) is 11.0 Å². The van der Waals surface area contributed by atoms with Gasteiger partial charge in [-0.05, 0) is 38.1 Å². The first-order valence-corrected chi connectivity index (χ1v) is 9.67. The summed E-state index contributed by atoms with van der Waals surface area (Å²) < 4.78 is 7.34. The second-order valence-corrected chi connectivity index (χ2v) is 7.32. The van der Waals surface area contributed by atoms with Gasteiger partial charge in [0.05, 0.1) is 17.6 Å². The predicted molar refractivity (Wildman–Crippen MR) is 106 cm³/mol. The summed E-state index contributed by atoms with van der Waals surface area (Å²) in [5.41, 5.74) is 3.50. The number of imidazole rings is 1. The van der Waals surface area contributed by atoms with Crippen LogP contribution in [-0.4, -0.2) is 51.2 Å². The summed E-state index contributed by atoms with van der Waals surface area (Å²) in [6, 6.07) is 8.39. The minimum atomic E-state index is 0.534. The zero-order chi connectivity index (χ0) is 18.6. The first kappa shape index (κ1) is 18.1. The first-order chi connectivity index (χ1) is 13.2. The molecule has 27 heavy (non-hydrogen) atoms. The molecule has 0 bridgehead atoms. The van der Waals surface area contributed by atoms with Crippen molar-refractivity contribution in [1.29, 1.82) is 0 Å². The molecule has 0 amide bonds. The van der Waals surface area contributed by atoms with E-state index in [4.69, 9.17) is 9.72 Å². The van der Waals surface area contributed by atoms with E-state index in [0.717, 1.165) is 50.2 Å². The van der Waals surface area contributed by atoms with E-state index in [2.05, 4.69) is 50.7 Å². The fourth-order valence-corrected chi connectivity index (χ4v) is 3.92. The van der Waals surface area contributed by atoms with Gasteiger partial charge in [0, 0.05) is 51.0 Å². The van der Waals surface area contributed by atoms with Crippen molar-refractivity contribution in [3.63, 3.8) is 0 Å². The molecule has 6 heteroatoms. The van der Waals surface area contributed by atoms with Gasteiger partial charge in [0.2, 0.25) is 0 Å². The summed E-state index contributed by atoms with van der Waals surface area (Å²) in [6.07, 6.45) is 6.96. The number of fused-ring (bicyclic) bond motifs is 1. The Morgan fingerprint density at radius 3 is 2.56 bits per heavy atom. The standard InChI is InChI=1S/C21H27N5O/c1-25-19-6-4-3-5-18(19)24-21(25)17-7-10-26(11-8-17)15-16-13-22-20(23-14-16)9-12-27-2/h3-6,13-14,17H,7-12,15H2,1-2H3. The molecule has 0 aliphatic carbocycles. The van der Waals surface area contributed by atoms with Gasteiger partial charge in [-0.25, -0.2) is 15.0 Å². The highest BCUT2D eigenvalue weighted by Gasteiger charge is 2.24. The van der Waals surface area contributed by atoms with Crippen molar-refractivity contribution in [3.8, 4) is 0 Å². The number of hydrogen-bond donors (Lipinski definition) is 0. The van der Waals surface area contributed by atoms with Crippen LogP contribution in [0.5, 0.6) is 0 Å². The molecule has 1 aliphatic heterocycles. The van der Waals surface area contributed by atoms with Gasteiger partial charge in [0.25, 0.3) is 0 Å². The number of hydrogen-bond acceptors (Lipinski definition) is 5. The molecule has 3 aromatic rings. The van der Waals surface area contributed by atoms with Crippen LogP contribution in [0.2, 0.25) is 0 Å². The Morgan fingerprint density at radius 2 is 1.85 bits per heavy atom. The Kier molecular flexibility index (Phi) is 5.45. The molecule has 1 aliphatic rings. The van der Waals surface area contributed by atoms with Crippen LogP contribution in [0.1, 0.15) is 36.0 Å². The summed E-state index contributed by atoms with van der Waals surface area (Å²) in [4.78, 5) is 16.3. The van der Waals surface area contributed by atoms with Crippen molar-refractivity contribution in [2.45, 2.75) is 31.7 Å². The largest absolute Gasteiger partial charge is 0.384 e. The van der Waals surface area contributed by atoms with E-state index in [0.29, 0.717) is 12.5 Å².